The van der Waals surface area contributed by atoms with Crippen molar-refractivity contribution >= 4 is 67.2 Å². The molecule has 1 amide bonds. The Morgan fingerprint density at radius 3 is 2.48 bits per heavy atom. The Morgan fingerprint density at radius 1 is 1.10 bits per heavy atom. The summed E-state index contributed by atoms with van der Waals surface area (Å²) < 4.78 is 12.6. The topological polar surface area (TPSA) is 59.9 Å². The summed E-state index contributed by atoms with van der Waals surface area (Å²) >= 11 is 19.0. The van der Waals surface area contributed by atoms with Crippen LogP contribution in [0.25, 0.3) is 0 Å². The van der Waals surface area contributed by atoms with Crippen molar-refractivity contribution in [1.29, 1.82) is 0 Å². The van der Waals surface area contributed by atoms with E-state index in [1.807, 2.05) is 12.1 Å². The van der Waals surface area contributed by atoms with Gasteiger partial charge in [0, 0.05) is 15.6 Å². The maximum absolute atomic E-state index is 12.6. The van der Waals surface area contributed by atoms with Gasteiger partial charge in [0.15, 0.2) is 0 Å². The average molecular weight is 587 g/mol. The van der Waals surface area contributed by atoms with Crippen molar-refractivity contribution in [1.82, 2.24) is 5.43 Å². The second-order valence-electron chi connectivity index (χ2n) is 6.24. The van der Waals surface area contributed by atoms with Gasteiger partial charge in [-0.2, -0.15) is 5.10 Å². The molecule has 3 rings (SSSR count). The lowest BCUT2D eigenvalue weighted by Gasteiger charge is -2.11. The molecule has 31 heavy (non-hydrogen) atoms. The van der Waals surface area contributed by atoms with Crippen LogP contribution in [0.4, 0.5) is 0 Å². The zero-order chi connectivity index (χ0) is 22.4. The maximum atomic E-state index is 12.6. The van der Waals surface area contributed by atoms with Gasteiger partial charge in [0.2, 0.25) is 0 Å². The van der Waals surface area contributed by atoms with Crippen molar-refractivity contribution in [2.45, 2.75) is 6.61 Å². The first-order chi connectivity index (χ1) is 14.9. The summed E-state index contributed by atoms with van der Waals surface area (Å²) in [5, 5.41) is 5.08. The molecule has 0 saturated carbocycles. The van der Waals surface area contributed by atoms with Gasteiger partial charge in [-0.3, -0.25) is 4.79 Å². The molecule has 3 aromatic carbocycles. The molecule has 0 unspecified atom stereocenters. The number of para-hydroxylation sites is 1. The summed E-state index contributed by atoms with van der Waals surface area (Å²) in [7, 11) is 1.58. The number of halogens is 4. The monoisotopic (exact) mass is 584 g/mol. The first kappa shape index (κ1) is 23.6. The van der Waals surface area contributed by atoms with E-state index < -0.39 is 5.91 Å². The molecule has 0 aliphatic heterocycles. The van der Waals surface area contributed by atoms with E-state index in [0.717, 1.165) is 20.1 Å². The first-order valence-electron chi connectivity index (χ1n) is 8.91. The first-order valence-corrected chi connectivity index (χ1v) is 11.3. The van der Waals surface area contributed by atoms with Crippen LogP contribution >= 0.6 is 55.1 Å². The molecule has 5 nitrogen and oxygen atoms in total. The van der Waals surface area contributed by atoms with Crippen LogP contribution in [0, 0.1) is 0 Å². The number of carbonyl (C=O) groups is 1. The van der Waals surface area contributed by atoms with Gasteiger partial charge in [-0.05, 0) is 73.8 Å². The van der Waals surface area contributed by atoms with Crippen molar-refractivity contribution in [3.8, 4) is 11.5 Å². The molecule has 3 aromatic rings. The summed E-state index contributed by atoms with van der Waals surface area (Å²) in [6.07, 6.45) is 1.53. The van der Waals surface area contributed by atoms with Crippen LogP contribution in [0.15, 0.2) is 68.6 Å². The number of amides is 1. The molecule has 0 saturated heterocycles. The standard InChI is InChI=1S/C22H16Br2Cl2N2O3/c1-30-21-17(23)8-13(9-18(21)24)11-27-28-22(29)16-4-2-3-5-20(16)31-12-14-6-7-15(25)10-19(14)26/h2-11H,12H2,1H3,(H,28,29)/b27-11+. The molecule has 0 fully saturated rings. The van der Waals surface area contributed by atoms with Crippen molar-refractivity contribution < 1.29 is 14.3 Å². The third-order valence-electron chi connectivity index (χ3n) is 4.13. The van der Waals surface area contributed by atoms with E-state index in [1.165, 1.54) is 6.21 Å². The average Bonchev–Trinajstić information content (AvgIpc) is 2.73. The molecule has 9 heteroatoms. The summed E-state index contributed by atoms with van der Waals surface area (Å²) in [4.78, 5) is 12.6. The molecular formula is C22H16Br2Cl2N2O3. The summed E-state index contributed by atoms with van der Waals surface area (Å²) in [5.41, 5.74) is 4.39. The fraction of sp³-hybridized carbons (Fsp3) is 0.0909. The maximum Gasteiger partial charge on any atom is 0.275 e. The van der Waals surface area contributed by atoms with E-state index in [4.69, 9.17) is 32.7 Å². The van der Waals surface area contributed by atoms with E-state index in [0.29, 0.717) is 27.1 Å². The number of benzene rings is 3. The Hall–Kier alpha value is -2.06. The van der Waals surface area contributed by atoms with Gasteiger partial charge >= 0.3 is 0 Å². The summed E-state index contributed by atoms with van der Waals surface area (Å²) in [6.45, 7) is 0.192. The molecular weight excluding hydrogens is 571 g/mol. The Morgan fingerprint density at radius 2 is 1.81 bits per heavy atom. The molecule has 0 heterocycles. The lowest BCUT2D eigenvalue weighted by molar-refractivity contribution is 0.0950. The van der Waals surface area contributed by atoms with E-state index in [-0.39, 0.29) is 6.61 Å². The minimum Gasteiger partial charge on any atom is -0.494 e. The van der Waals surface area contributed by atoms with Crippen LogP contribution in [0.5, 0.6) is 11.5 Å². The zero-order valence-electron chi connectivity index (χ0n) is 16.2. The van der Waals surface area contributed by atoms with E-state index in [9.17, 15) is 4.79 Å². The Labute approximate surface area is 206 Å². The predicted molar refractivity (Wildman–Crippen MR) is 131 cm³/mol. The molecule has 0 aliphatic carbocycles. The van der Waals surface area contributed by atoms with Gasteiger partial charge in [-0.25, -0.2) is 5.43 Å². The van der Waals surface area contributed by atoms with Crippen LogP contribution in [0.3, 0.4) is 0 Å². The highest BCUT2D eigenvalue weighted by Gasteiger charge is 2.13. The highest BCUT2D eigenvalue weighted by Crippen LogP contribution is 2.34. The molecule has 0 spiro atoms. The molecule has 0 bridgehead atoms. The Balaban J connectivity index is 1.69. The van der Waals surface area contributed by atoms with Gasteiger partial charge < -0.3 is 9.47 Å². The van der Waals surface area contributed by atoms with Crippen molar-refractivity contribution in [3.05, 3.63) is 90.3 Å². The van der Waals surface area contributed by atoms with Crippen LogP contribution in [0.2, 0.25) is 10.0 Å². The Bertz CT molecular complexity index is 1120. The number of nitrogens with one attached hydrogen (secondary N) is 1. The van der Waals surface area contributed by atoms with Crippen LogP contribution < -0.4 is 14.9 Å². The van der Waals surface area contributed by atoms with Crippen molar-refractivity contribution in [3.63, 3.8) is 0 Å². The number of hydrogen-bond donors (Lipinski definition) is 1. The molecule has 0 aliphatic rings. The lowest BCUT2D eigenvalue weighted by Crippen LogP contribution is -2.18. The van der Waals surface area contributed by atoms with Gasteiger partial charge in [0.25, 0.3) is 5.91 Å². The quantitative estimate of drug-likeness (QED) is 0.243. The predicted octanol–water partition coefficient (Wildman–Crippen LogP) is 6.87. The summed E-state index contributed by atoms with van der Waals surface area (Å²) in [5.74, 6) is 0.685. The van der Waals surface area contributed by atoms with Crippen LogP contribution in [-0.4, -0.2) is 19.2 Å². The number of hydrogen-bond acceptors (Lipinski definition) is 4. The van der Waals surface area contributed by atoms with Crippen LogP contribution in [-0.2, 0) is 6.61 Å². The minimum absolute atomic E-state index is 0.192. The van der Waals surface area contributed by atoms with Gasteiger partial charge in [-0.15, -0.1) is 0 Å². The van der Waals surface area contributed by atoms with Gasteiger partial charge in [-0.1, -0.05) is 41.4 Å². The number of ether oxygens (including phenoxy) is 2. The molecule has 0 radical (unpaired) electrons. The number of carbonyl (C=O) groups excluding carboxylic acids is 1. The number of hydrazone groups is 1. The van der Waals surface area contributed by atoms with Gasteiger partial charge in [0.05, 0.1) is 27.8 Å². The normalized spacial score (nSPS) is 10.9. The highest BCUT2D eigenvalue weighted by atomic mass is 79.9. The SMILES string of the molecule is COc1c(Br)cc(/C=N/NC(=O)c2ccccc2OCc2ccc(Cl)cc2Cl)cc1Br. The molecule has 0 aromatic heterocycles. The lowest BCUT2D eigenvalue weighted by atomic mass is 10.2. The van der Waals surface area contributed by atoms with E-state index in [1.54, 1.807) is 49.6 Å². The summed E-state index contributed by atoms with van der Waals surface area (Å²) in [6, 6.07) is 15.7. The van der Waals surface area contributed by atoms with E-state index in [2.05, 4.69) is 42.4 Å². The molecule has 0 atom stereocenters. The minimum atomic E-state index is -0.402. The molecule has 160 valence electrons. The van der Waals surface area contributed by atoms with Crippen LogP contribution in [0.1, 0.15) is 21.5 Å². The fourth-order valence-corrected chi connectivity index (χ4v) is 4.66. The number of methoxy groups -OCH3 is 1. The largest absolute Gasteiger partial charge is 0.494 e. The zero-order valence-corrected chi connectivity index (χ0v) is 20.8. The number of nitrogens with zero attached hydrogens (tertiary/aromatic N) is 1. The van der Waals surface area contributed by atoms with E-state index >= 15 is 0 Å². The number of rotatable bonds is 7. The molecule has 1 N–H and O–H groups in total. The smallest absolute Gasteiger partial charge is 0.275 e. The fourth-order valence-electron chi connectivity index (χ4n) is 2.65. The third kappa shape index (κ3) is 6.23. The Kier molecular flexibility index (Phi) is 8.37. The van der Waals surface area contributed by atoms with Crippen molar-refractivity contribution in [2.24, 2.45) is 5.10 Å². The highest BCUT2D eigenvalue weighted by molar-refractivity contribution is 9.11. The van der Waals surface area contributed by atoms with Crippen molar-refractivity contribution in [2.75, 3.05) is 7.11 Å². The second kappa shape index (κ2) is 11.0. The second-order valence-corrected chi connectivity index (χ2v) is 8.79. The third-order valence-corrected chi connectivity index (χ3v) is 5.90. The van der Waals surface area contributed by atoms with Gasteiger partial charge in [0.1, 0.15) is 18.1 Å².